The topological polar surface area (TPSA) is 49.3 Å². The monoisotopic (exact) mass is 171 g/mol. The third-order valence-corrected chi connectivity index (χ3v) is 2.27. The Morgan fingerprint density at radius 1 is 1.58 bits per heavy atom. The molecule has 70 valence electrons. The van der Waals surface area contributed by atoms with Crippen molar-refractivity contribution in [3.8, 4) is 0 Å². The van der Waals surface area contributed by atoms with Crippen LogP contribution >= 0.6 is 0 Å². The van der Waals surface area contributed by atoms with Gasteiger partial charge in [0.1, 0.15) is 0 Å². The number of unbranched alkanes of at least 4 members (excludes halogenated alkanes) is 1. The Hall–Kier alpha value is -0.570. The van der Waals surface area contributed by atoms with Crippen LogP contribution in [-0.4, -0.2) is 23.7 Å². The number of aliphatic hydroxyl groups is 1. The Morgan fingerprint density at radius 2 is 2.25 bits per heavy atom. The van der Waals surface area contributed by atoms with Gasteiger partial charge in [-0.15, -0.1) is 0 Å². The van der Waals surface area contributed by atoms with Crippen molar-refractivity contribution in [2.24, 2.45) is 5.92 Å². The Balaban J connectivity index is 1.97. The molecule has 3 heteroatoms. The largest absolute Gasteiger partial charge is 0.396 e. The maximum absolute atomic E-state index is 11.1. The number of aliphatic hydroxyl groups excluding tert-OH is 1. The zero-order chi connectivity index (χ0) is 8.97. The summed E-state index contributed by atoms with van der Waals surface area (Å²) < 4.78 is 0. The van der Waals surface area contributed by atoms with Crippen molar-refractivity contribution in [1.29, 1.82) is 0 Å². The Kier molecular flexibility index (Phi) is 3.53. The zero-order valence-electron chi connectivity index (χ0n) is 7.55. The Morgan fingerprint density at radius 3 is 2.75 bits per heavy atom. The van der Waals surface area contributed by atoms with Crippen molar-refractivity contribution in [1.82, 2.24) is 5.32 Å². The fourth-order valence-electron chi connectivity index (χ4n) is 1.20. The average Bonchev–Trinajstić information content (AvgIpc) is 2.67. The molecule has 12 heavy (non-hydrogen) atoms. The van der Waals surface area contributed by atoms with E-state index in [1.165, 1.54) is 0 Å². The predicted octanol–water partition coefficient (Wildman–Crippen LogP) is 0.674. The van der Waals surface area contributed by atoms with Crippen LogP contribution in [0.4, 0.5) is 0 Å². The highest BCUT2D eigenvalue weighted by Crippen LogP contribution is 2.28. The van der Waals surface area contributed by atoms with Crippen LogP contribution < -0.4 is 5.32 Å². The summed E-state index contributed by atoms with van der Waals surface area (Å²) in [5, 5.41) is 11.4. The highest BCUT2D eigenvalue weighted by molar-refractivity contribution is 5.76. The number of hydrogen-bond acceptors (Lipinski definition) is 2. The van der Waals surface area contributed by atoms with E-state index in [0.717, 1.165) is 19.3 Å². The molecule has 0 radical (unpaired) electrons. The van der Waals surface area contributed by atoms with Gasteiger partial charge in [0.2, 0.25) is 5.91 Å². The van der Waals surface area contributed by atoms with Crippen molar-refractivity contribution in [3.05, 3.63) is 0 Å². The van der Waals surface area contributed by atoms with E-state index in [1.54, 1.807) is 0 Å². The van der Waals surface area contributed by atoms with Gasteiger partial charge in [-0.2, -0.15) is 0 Å². The molecular weight excluding hydrogens is 154 g/mol. The molecule has 0 aromatic carbocycles. The maximum Gasteiger partial charge on any atom is 0.220 e. The molecule has 0 aliphatic heterocycles. The molecule has 2 atom stereocenters. The van der Waals surface area contributed by atoms with Crippen LogP contribution in [-0.2, 0) is 4.79 Å². The number of rotatable bonds is 5. The molecule has 2 N–H and O–H groups in total. The predicted molar refractivity (Wildman–Crippen MR) is 46.6 cm³/mol. The van der Waals surface area contributed by atoms with Gasteiger partial charge >= 0.3 is 0 Å². The number of hydrogen-bond donors (Lipinski definition) is 2. The Labute approximate surface area is 73.2 Å². The minimum Gasteiger partial charge on any atom is -0.396 e. The normalized spacial score (nSPS) is 26.8. The molecule has 1 fully saturated rings. The van der Waals surface area contributed by atoms with Crippen LogP contribution in [0, 0.1) is 5.92 Å². The van der Waals surface area contributed by atoms with E-state index >= 15 is 0 Å². The molecule has 0 aromatic heterocycles. The van der Waals surface area contributed by atoms with Crippen LogP contribution in [0.3, 0.4) is 0 Å². The highest BCUT2D eigenvalue weighted by atomic mass is 16.2. The summed E-state index contributed by atoms with van der Waals surface area (Å²) in [6, 6.07) is 0.437. The molecule has 0 aromatic rings. The van der Waals surface area contributed by atoms with Gasteiger partial charge in [0.25, 0.3) is 0 Å². The number of carbonyl (C=O) groups excluding carboxylic acids is 1. The standard InChI is InChI=1S/C9H17NO2/c1-7-6-8(7)10-9(12)4-2-3-5-11/h7-8,11H,2-6H2,1H3,(H,10,12). The molecule has 1 rings (SSSR count). The van der Waals surface area contributed by atoms with Crippen molar-refractivity contribution in [2.45, 2.75) is 38.6 Å². The van der Waals surface area contributed by atoms with E-state index in [4.69, 9.17) is 5.11 Å². The van der Waals surface area contributed by atoms with Gasteiger partial charge in [-0.3, -0.25) is 4.79 Å². The molecule has 2 unspecified atom stereocenters. The smallest absolute Gasteiger partial charge is 0.220 e. The second kappa shape index (κ2) is 4.45. The van der Waals surface area contributed by atoms with Gasteiger partial charge in [0.05, 0.1) is 0 Å². The van der Waals surface area contributed by atoms with Gasteiger partial charge in [-0.25, -0.2) is 0 Å². The van der Waals surface area contributed by atoms with E-state index in [-0.39, 0.29) is 12.5 Å². The third kappa shape index (κ3) is 3.22. The minimum absolute atomic E-state index is 0.137. The summed E-state index contributed by atoms with van der Waals surface area (Å²) in [4.78, 5) is 11.1. The first-order valence-electron chi connectivity index (χ1n) is 4.64. The minimum atomic E-state index is 0.137. The number of nitrogens with one attached hydrogen (secondary N) is 1. The van der Waals surface area contributed by atoms with Gasteiger partial charge in [0.15, 0.2) is 0 Å². The first-order chi connectivity index (χ1) is 5.74. The third-order valence-electron chi connectivity index (χ3n) is 2.27. The molecule has 1 amide bonds. The lowest BCUT2D eigenvalue weighted by atomic mass is 10.2. The molecule has 0 heterocycles. The van der Waals surface area contributed by atoms with E-state index in [9.17, 15) is 4.79 Å². The van der Waals surface area contributed by atoms with Crippen molar-refractivity contribution >= 4 is 5.91 Å². The highest BCUT2D eigenvalue weighted by Gasteiger charge is 2.33. The first kappa shape index (κ1) is 9.52. The van der Waals surface area contributed by atoms with Crippen LogP contribution in [0.15, 0.2) is 0 Å². The summed E-state index contributed by atoms with van der Waals surface area (Å²) in [5.41, 5.74) is 0. The SMILES string of the molecule is CC1CC1NC(=O)CCCCO. The van der Waals surface area contributed by atoms with Crippen molar-refractivity contribution < 1.29 is 9.90 Å². The maximum atomic E-state index is 11.1. The molecule has 0 spiro atoms. The van der Waals surface area contributed by atoms with Crippen LogP contribution in [0.5, 0.6) is 0 Å². The van der Waals surface area contributed by atoms with E-state index in [0.29, 0.717) is 18.4 Å². The molecule has 3 nitrogen and oxygen atoms in total. The van der Waals surface area contributed by atoms with Crippen molar-refractivity contribution in [3.63, 3.8) is 0 Å². The van der Waals surface area contributed by atoms with E-state index in [2.05, 4.69) is 12.2 Å². The summed E-state index contributed by atoms with van der Waals surface area (Å²) in [6.45, 7) is 2.33. The lowest BCUT2D eigenvalue weighted by Crippen LogP contribution is -2.26. The Bertz CT molecular complexity index is 159. The van der Waals surface area contributed by atoms with Crippen molar-refractivity contribution in [2.75, 3.05) is 6.61 Å². The number of carbonyl (C=O) groups is 1. The number of amides is 1. The summed E-state index contributed by atoms with van der Waals surface area (Å²) >= 11 is 0. The molecule has 0 bridgehead atoms. The van der Waals surface area contributed by atoms with E-state index < -0.39 is 0 Å². The second-order valence-electron chi connectivity index (χ2n) is 3.57. The van der Waals surface area contributed by atoms with E-state index in [1.807, 2.05) is 0 Å². The summed E-state index contributed by atoms with van der Waals surface area (Å²) in [6.07, 6.45) is 3.21. The lowest BCUT2D eigenvalue weighted by molar-refractivity contribution is -0.121. The van der Waals surface area contributed by atoms with Crippen LogP contribution in [0.1, 0.15) is 32.6 Å². The van der Waals surface area contributed by atoms with Crippen LogP contribution in [0.2, 0.25) is 0 Å². The lowest BCUT2D eigenvalue weighted by Gasteiger charge is -2.02. The second-order valence-corrected chi connectivity index (χ2v) is 3.57. The summed E-state index contributed by atoms with van der Waals surface area (Å²) in [5.74, 6) is 0.810. The van der Waals surface area contributed by atoms with Gasteiger partial charge in [-0.05, 0) is 25.2 Å². The summed E-state index contributed by atoms with van der Waals surface area (Å²) in [7, 11) is 0. The first-order valence-corrected chi connectivity index (χ1v) is 4.64. The average molecular weight is 171 g/mol. The molecular formula is C9H17NO2. The van der Waals surface area contributed by atoms with Gasteiger partial charge in [-0.1, -0.05) is 6.92 Å². The van der Waals surface area contributed by atoms with Gasteiger partial charge < -0.3 is 10.4 Å². The van der Waals surface area contributed by atoms with Gasteiger partial charge in [0, 0.05) is 19.1 Å². The zero-order valence-corrected chi connectivity index (χ0v) is 7.55. The molecule has 1 aliphatic rings. The molecule has 1 saturated carbocycles. The molecule has 1 aliphatic carbocycles. The fourth-order valence-corrected chi connectivity index (χ4v) is 1.20. The molecule has 0 saturated heterocycles. The van der Waals surface area contributed by atoms with Crippen LogP contribution in [0.25, 0.3) is 0 Å². The quantitative estimate of drug-likeness (QED) is 0.597. The fraction of sp³-hybridized carbons (Fsp3) is 0.889.